The number of aliphatic hydroxyl groups excluding tert-OH is 1. The minimum absolute atomic E-state index is 0.159. The summed E-state index contributed by atoms with van der Waals surface area (Å²) in [5.74, 6) is 0.359. The molecule has 0 amide bonds. The van der Waals surface area contributed by atoms with Crippen LogP contribution < -0.4 is 4.90 Å². The first-order chi connectivity index (χ1) is 11.1. The predicted molar refractivity (Wildman–Crippen MR) is 81.4 cm³/mol. The van der Waals surface area contributed by atoms with Crippen molar-refractivity contribution in [3.63, 3.8) is 0 Å². The maximum absolute atomic E-state index is 13.6. The molecule has 0 aliphatic carbocycles. The number of aryl methyl sites for hydroxylation is 1. The number of benzene rings is 1. The van der Waals surface area contributed by atoms with Crippen LogP contribution in [0.5, 0.6) is 0 Å². The standard InChI is InChI=1S/C16H15FN4O2/c1-9-14-15(18-8-19-16(14)23-20-9)21-7-12(22)6-13(21)10-3-2-4-11(17)5-10/h2-5,8,12-13,22H,6-7H2,1H3/t12-,13+/m1/s1. The number of anilines is 1. The molecular formula is C16H15FN4O2. The van der Waals surface area contributed by atoms with Gasteiger partial charge in [0.05, 0.1) is 17.8 Å². The Kier molecular flexibility index (Phi) is 3.23. The van der Waals surface area contributed by atoms with E-state index < -0.39 is 6.10 Å². The molecule has 0 spiro atoms. The third-order valence-corrected chi connectivity index (χ3v) is 4.21. The molecule has 0 radical (unpaired) electrons. The second kappa shape index (κ2) is 5.27. The molecule has 6 nitrogen and oxygen atoms in total. The largest absolute Gasteiger partial charge is 0.391 e. The Balaban J connectivity index is 1.83. The van der Waals surface area contributed by atoms with Crippen LogP contribution in [0.1, 0.15) is 23.7 Å². The molecule has 1 aliphatic rings. The molecule has 4 rings (SSSR count). The van der Waals surface area contributed by atoms with Gasteiger partial charge in [-0.2, -0.15) is 4.98 Å². The van der Waals surface area contributed by atoms with Crippen LogP contribution in [0.3, 0.4) is 0 Å². The van der Waals surface area contributed by atoms with Gasteiger partial charge in [0.2, 0.25) is 0 Å². The fourth-order valence-electron chi connectivity index (χ4n) is 3.20. The fourth-order valence-corrected chi connectivity index (χ4v) is 3.20. The van der Waals surface area contributed by atoms with E-state index in [0.717, 1.165) is 10.9 Å². The van der Waals surface area contributed by atoms with Crippen LogP contribution in [0.25, 0.3) is 11.1 Å². The maximum Gasteiger partial charge on any atom is 0.263 e. The Hall–Kier alpha value is -2.54. The third-order valence-electron chi connectivity index (χ3n) is 4.21. The molecule has 2 atom stereocenters. The molecule has 3 aromatic rings. The summed E-state index contributed by atoms with van der Waals surface area (Å²) in [4.78, 5) is 10.4. The number of hydrogen-bond donors (Lipinski definition) is 1. The molecule has 1 aliphatic heterocycles. The van der Waals surface area contributed by atoms with Crippen molar-refractivity contribution in [1.82, 2.24) is 15.1 Å². The van der Waals surface area contributed by atoms with E-state index in [-0.39, 0.29) is 11.9 Å². The topological polar surface area (TPSA) is 75.3 Å². The predicted octanol–water partition coefficient (Wildman–Crippen LogP) is 2.38. The van der Waals surface area contributed by atoms with E-state index in [2.05, 4.69) is 15.1 Å². The van der Waals surface area contributed by atoms with Crippen molar-refractivity contribution in [2.24, 2.45) is 0 Å². The summed E-state index contributed by atoms with van der Waals surface area (Å²) in [6.45, 7) is 2.24. The van der Waals surface area contributed by atoms with E-state index in [1.807, 2.05) is 17.9 Å². The van der Waals surface area contributed by atoms with Crippen LogP contribution in [-0.4, -0.2) is 32.9 Å². The second-order valence-corrected chi connectivity index (χ2v) is 5.76. The SMILES string of the molecule is Cc1noc2ncnc(N3C[C@H](O)C[C@H]3c3cccc(F)c3)c12. The van der Waals surface area contributed by atoms with E-state index in [0.29, 0.717) is 30.2 Å². The summed E-state index contributed by atoms with van der Waals surface area (Å²) < 4.78 is 18.8. The zero-order valence-electron chi connectivity index (χ0n) is 12.5. The molecule has 1 N–H and O–H groups in total. The average molecular weight is 314 g/mol. The lowest BCUT2D eigenvalue weighted by Crippen LogP contribution is -2.25. The lowest BCUT2D eigenvalue weighted by molar-refractivity contribution is 0.194. The van der Waals surface area contributed by atoms with Crippen molar-refractivity contribution >= 4 is 16.9 Å². The quantitative estimate of drug-likeness (QED) is 0.783. The fraction of sp³-hybridized carbons (Fsp3) is 0.312. The Labute approximate surface area is 131 Å². The number of halogens is 1. The molecule has 0 unspecified atom stereocenters. The van der Waals surface area contributed by atoms with Crippen LogP contribution >= 0.6 is 0 Å². The number of aromatic nitrogens is 3. The zero-order chi connectivity index (χ0) is 16.0. The third kappa shape index (κ3) is 2.33. The number of aliphatic hydroxyl groups is 1. The van der Waals surface area contributed by atoms with Crippen LogP contribution in [0.15, 0.2) is 35.1 Å². The minimum Gasteiger partial charge on any atom is -0.391 e. The summed E-state index contributed by atoms with van der Waals surface area (Å²) in [7, 11) is 0. The van der Waals surface area contributed by atoms with Crippen molar-refractivity contribution in [1.29, 1.82) is 0 Å². The van der Waals surface area contributed by atoms with Gasteiger partial charge >= 0.3 is 0 Å². The molecule has 7 heteroatoms. The summed E-state index contributed by atoms with van der Waals surface area (Å²) in [5, 5.41) is 14.8. The van der Waals surface area contributed by atoms with Gasteiger partial charge in [-0.25, -0.2) is 9.37 Å². The summed E-state index contributed by atoms with van der Waals surface area (Å²) in [5.41, 5.74) is 1.91. The highest BCUT2D eigenvalue weighted by molar-refractivity contribution is 5.88. The number of nitrogens with zero attached hydrogens (tertiary/aromatic N) is 4. The average Bonchev–Trinajstić information content (AvgIpc) is 3.11. The molecule has 23 heavy (non-hydrogen) atoms. The minimum atomic E-state index is -0.506. The number of fused-ring (bicyclic) bond motifs is 1. The smallest absolute Gasteiger partial charge is 0.263 e. The van der Waals surface area contributed by atoms with Gasteiger partial charge in [-0.3, -0.25) is 0 Å². The van der Waals surface area contributed by atoms with Crippen molar-refractivity contribution in [3.8, 4) is 0 Å². The normalized spacial score (nSPS) is 21.3. The number of β-amino-alcohol motifs (C(OH)–C–C–N with tert-alkyl or cyclic N) is 1. The van der Waals surface area contributed by atoms with E-state index >= 15 is 0 Å². The first-order valence-corrected chi connectivity index (χ1v) is 7.40. The highest BCUT2D eigenvalue weighted by Crippen LogP contribution is 2.38. The highest BCUT2D eigenvalue weighted by Gasteiger charge is 2.35. The van der Waals surface area contributed by atoms with Crippen LogP contribution in [0, 0.1) is 12.7 Å². The van der Waals surface area contributed by atoms with Crippen LogP contribution in [0.4, 0.5) is 10.2 Å². The van der Waals surface area contributed by atoms with Crippen LogP contribution in [0.2, 0.25) is 0 Å². The van der Waals surface area contributed by atoms with Crippen molar-refractivity contribution in [2.75, 3.05) is 11.4 Å². The van der Waals surface area contributed by atoms with E-state index in [4.69, 9.17) is 4.52 Å². The van der Waals surface area contributed by atoms with Gasteiger partial charge in [-0.05, 0) is 31.0 Å². The molecule has 3 heterocycles. The number of rotatable bonds is 2. The van der Waals surface area contributed by atoms with Gasteiger partial charge in [0.25, 0.3) is 5.71 Å². The Bertz CT molecular complexity index is 866. The summed E-state index contributed by atoms with van der Waals surface area (Å²) >= 11 is 0. The first kappa shape index (κ1) is 14.1. The van der Waals surface area contributed by atoms with Crippen molar-refractivity contribution in [2.45, 2.75) is 25.5 Å². The molecule has 2 aromatic heterocycles. The van der Waals surface area contributed by atoms with E-state index in [1.54, 1.807) is 6.07 Å². The first-order valence-electron chi connectivity index (χ1n) is 7.40. The van der Waals surface area contributed by atoms with E-state index in [9.17, 15) is 9.50 Å². The molecule has 0 bridgehead atoms. The zero-order valence-corrected chi connectivity index (χ0v) is 12.5. The van der Waals surface area contributed by atoms with Crippen molar-refractivity contribution in [3.05, 3.63) is 47.7 Å². The maximum atomic E-state index is 13.6. The van der Waals surface area contributed by atoms with Gasteiger partial charge in [-0.15, -0.1) is 0 Å². The van der Waals surface area contributed by atoms with Gasteiger partial charge in [0.15, 0.2) is 0 Å². The Morgan fingerprint density at radius 2 is 2.22 bits per heavy atom. The monoisotopic (exact) mass is 314 g/mol. The van der Waals surface area contributed by atoms with Crippen molar-refractivity contribution < 1.29 is 14.0 Å². The Morgan fingerprint density at radius 1 is 1.35 bits per heavy atom. The molecule has 118 valence electrons. The van der Waals surface area contributed by atoms with Gasteiger partial charge in [0.1, 0.15) is 23.3 Å². The molecule has 1 aromatic carbocycles. The summed E-state index contributed by atoms with van der Waals surface area (Å²) in [6, 6.07) is 6.28. The summed E-state index contributed by atoms with van der Waals surface area (Å²) in [6.07, 6.45) is 1.42. The highest BCUT2D eigenvalue weighted by atomic mass is 19.1. The molecule has 0 saturated carbocycles. The van der Waals surface area contributed by atoms with Gasteiger partial charge in [0, 0.05) is 6.54 Å². The lowest BCUT2D eigenvalue weighted by atomic mass is 10.0. The molecule has 1 saturated heterocycles. The lowest BCUT2D eigenvalue weighted by Gasteiger charge is -2.26. The molecule has 1 fully saturated rings. The van der Waals surface area contributed by atoms with E-state index in [1.165, 1.54) is 18.5 Å². The molecular weight excluding hydrogens is 299 g/mol. The van der Waals surface area contributed by atoms with Gasteiger partial charge < -0.3 is 14.5 Å². The number of hydrogen-bond acceptors (Lipinski definition) is 6. The van der Waals surface area contributed by atoms with Crippen LogP contribution in [-0.2, 0) is 0 Å². The Morgan fingerprint density at radius 3 is 3.04 bits per heavy atom. The van der Waals surface area contributed by atoms with Gasteiger partial charge in [-0.1, -0.05) is 17.3 Å². The second-order valence-electron chi connectivity index (χ2n) is 5.76.